The van der Waals surface area contributed by atoms with Gasteiger partial charge in [-0.1, -0.05) is 27.7 Å². The number of hydrogen-bond donors (Lipinski definition) is 1. The first-order chi connectivity index (χ1) is 16.0. The molecule has 1 aromatic rings. The molecule has 34 heavy (non-hydrogen) atoms. The van der Waals surface area contributed by atoms with Crippen LogP contribution in [0.25, 0.3) is 0 Å². The summed E-state index contributed by atoms with van der Waals surface area (Å²) < 4.78 is 0. The maximum atomic E-state index is 13.6. The highest BCUT2D eigenvalue weighted by Crippen LogP contribution is 2.32. The summed E-state index contributed by atoms with van der Waals surface area (Å²) in [6, 6.07) is 5.59. The van der Waals surface area contributed by atoms with Gasteiger partial charge in [0.05, 0.1) is 12.6 Å². The first-order valence-electron chi connectivity index (χ1n) is 12.3. The van der Waals surface area contributed by atoms with E-state index in [9.17, 15) is 19.2 Å². The number of anilines is 1. The largest absolute Gasteiger partial charge is 0.378 e. The van der Waals surface area contributed by atoms with Crippen molar-refractivity contribution in [2.24, 2.45) is 11.8 Å². The molecule has 0 saturated carbocycles. The smallest absolute Gasteiger partial charge is 0.251 e. The molecule has 3 rings (SSSR count). The molecule has 0 aromatic heterocycles. The Hall–Kier alpha value is -2.90. The Balaban J connectivity index is 1.76. The van der Waals surface area contributed by atoms with Gasteiger partial charge in [0.1, 0.15) is 12.1 Å². The standard InChI is InChI=1S/C26H38N4O4/c1-7-17(4)25(33)30-15-22(31)23-21(30)12-13-29(23)26(34)20(14-16(2)3)27-24(32)18-8-10-19(11-9-18)28(5)6/h8-11,16-17,20-21,23H,7,12-15H2,1-6H3,(H,27,32)/t17?,20-,21?,23-/m0/s1. The lowest BCUT2D eigenvalue weighted by Gasteiger charge is -2.29. The van der Waals surface area contributed by atoms with Crippen LogP contribution in [0.15, 0.2) is 24.3 Å². The van der Waals surface area contributed by atoms with E-state index in [0.717, 1.165) is 5.69 Å². The van der Waals surface area contributed by atoms with Crippen LogP contribution in [-0.2, 0) is 14.4 Å². The van der Waals surface area contributed by atoms with Gasteiger partial charge in [-0.05, 0) is 49.4 Å². The Morgan fingerprint density at radius 1 is 1.06 bits per heavy atom. The van der Waals surface area contributed by atoms with E-state index in [1.807, 2.05) is 58.8 Å². The number of nitrogens with one attached hydrogen (secondary N) is 1. The predicted octanol–water partition coefficient (Wildman–Crippen LogP) is 2.32. The first-order valence-corrected chi connectivity index (χ1v) is 12.3. The topological polar surface area (TPSA) is 90.0 Å². The number of Topliss-reactive ketones (excluding diaryl/α,β-unsaturated/α-hetero) is 1. The van der Waals surface area contributed by atoms with Crippen molar-refractivity contribution in [2.45, 2.75) is 65.1 Å². The Bertz CT molecular complexity index is 927. The van der Waals surface area contributed by atoms with E-state index in [1.54, 1.807) is 21.9 Å². The molecule has 8 nitrogen and oxygen atoms in total. The number of benzene rings is 1. The summed E-state index contributed by atoms with van der Waals surface area (Å²) in [5.41, 5.74) is 1.46. The fraction of sp³-hybridized carbons (Fsp3) is 0.615. The summed E-state index contributed by atoms with van der Waals surface area (Å²) in [7, 11) is 3.86. The van der Waals surface area contributed by atoms with Crippen molar-refractivity contribution in [2.75, 3.05) is 32.1 Å². The van der Waals surface area contributed by atoms with Crippen LogP contribution < -0.4 is 10.2 Å². The number of hydrogen-bond acceptors (Lipinski definition) is 5. The third kappa shape index (κ3) is 5.26. The first kappa shape index (κ1) is 25.7. The second-order valence-corrected chi connectivity index (χ2v) is 10.2. The van der Waals surface area contributed by atoms with Crippen LogP contribution >= 0.6 is 0 Å². The van der Waals surface area contributed by atoms with Crippen LogP contribution in [0.5, 0.6) is 0 Å². The van der Waals surface area contributed by atoms with Gasteiger partial charge in [0, 0.05) is 37.8 Å². The highest BCUT2D eigenvalue weighted by Gasteiger charge is 2.52. The second kappa shape index (κ2) is 10.6. The van der Waals surface area contributed by atoms with Crippen molar-refractivity contribution in [1.82, 2.24) is 15.1 Å². The summed E-state index contributed by atoms with van der Waals surface area (Å²) in [4.78, 5) is 57.5. The molecule has 2 heterocycles. The zero-order valence-corrected chi connectivity index (χ0v) is 21.2. The monoisotopic (exact) mass is 470 g/mol. The molecular weight excluding hydrogens is 432 g/mol. The molecule has 1 N–H and O–H groups in total. The van der Waals surface area contributed by atoms with Crippen molar-refractivity contribution in [1.29, 1.82) is 0 Å². The molecule has 3 amide bonds. The van der Waals surface area contributed by atoms with Crippen LogP contribution in [0.2, 0.25) is 0 Å². The van der Waals surface area contributed by atoms with E-state index < -0.39 is 12.1 Å². The minimum absolute atomic E-state index is 0.0224. The number of ketones is 1. The van der Waals surface area contributed by atoms with Gasteiger partial charge in [-0.15, -0.1) is 0 Å². The molecule has 4 atom stereocenters. The Labute approximate surface area is 202 Å². The van der Waals surface area contributed by atoms with E-state index in [0.29, 0.717) is 31.4 Å². The van der Waals surface area contributed by atoms with Gasteiger partial charge in [0.2, 0.25) is 11.8 Å². The Kier molecular flexibility index (Phi) is 8.00. The number of carbonyl (C=O) groups excluding carboxylic acids is 4. The Morgan fingerprint density at radius 3 is 2.26 bits per heavy atom. The van der Waals surface area contributed by atoms with Crippen molar-refractivity contribution in [3.8, 4) is 0 Å². The molecule has 2 unspecified atom stereocenters. The van der Waals surface area contributed by atoms with E-state index in [-0.39, 0.29) is 47.9 Å². The number of carbonyl (C=O) groups is 4. The SMILES string of the molecule is CCC(C)C(=O)N1CC(=O)[C@@H]2C1CCN2C(=O)[C@H](CC(C)C)NC(=O)c1ccc(N(C)C)cc1. The van der Waals surface area contributed by atoms with Crippen LogP contribution in [0.3, 0.4) is 0 Å². The zero-order valence-electron chi connectivity index (χ0n) is 21.2. The molecule has 2 aliphatic rings. The Morgan fingerprint density at radius 2 is 1.71 bits per heavy atom. The van der Waals surface area contributed by atoms with Crippen molar-refractivity contribution in [3.05, 3.63) is 29.8 Å². The molecule has 0 bridgehead atoms. The predicted molar refractivity (Wildman–Crippen MR) is 132 cm³/mol. The molecule has 0 radical (unpaired) electrons. The molecule has 8 heteroatoms. The summed E-state index contributed by atoms with van der Waals surface area (Å²) in [6.45, 7) is 8.29. The third-order valence-electron chi connectivity index (χ3n) is 6.98. The van der Waals surface area contributed by atoms with E-state index in [1.165, 1.54) is 0 Å². The molecule has 0 aliphatic carbocycles. The number of amides is 3. The highest BCUT2D eigenvalue weighted by molar-refractivity contribution is 6.01. The molecule has 186 valence electrons. The van der Waals surface area contributed by atoms with E-state index in [4.69, 9.17) is 0 Å². The van der Waals surface area contributed by atoms with Gasteiger partial charge in [-0.2, -0.15) is 0 Å². The molecular formula is C26H38N4O4. The zero-order chi connectivity index (χ0) is 25.2. The van der Waals surface area contributed by atoms with Crippen LogP contribution in [0, 0.1) is 11.8 Å². The van der Waals surface area contributed by atoms with Gasteiger partial charge in [0.15, 0.2) is 5.78 Å². The average molecular weight is 471 g/mol. The maximum Gasteiger partial charge on any atom is 0.251 e. The van der Waals surface area contributed by atoms with Gasteiger partial charge in [-0.3, -0.25) is 19.2 Å². The molecule has 2 saturated heterocycles. The van der Waals surface area contributed by atoms with E-state index in [2.05, 4.69) is 5.32 Å². The van der Waals surface area contributed by atoms with Crippen molar-refractivity contribution in [3.63, 3.8) is 0 Å². The lowest BCUT2D eigenvalue weighted by atomic mass is 10.0. The summed E-state index contributed by atoms with van der Waals surface area (Å²) in [6.07, 6.45) is 1.76. The van der Waals surface area contributed by atoms with Crippen LogP contribution in [0.4, 0.5) is 5.69 Å². The summed E-state index contributed by atoms with van der Waals surface area (Å²) in [5.74, 6) is -0.654. The molecule has 1 aromatic carbocycles. The number of rotatable bonds is 8. The van der Waals surface area contributed by atoms with E-state index >= 15 is 0 Å². The fourth-order valence-electron chi connectivity index (χ4n) is 4.86. The van der Waals surface area contributed by atoms with Crippen LogP contribution in [0.1, 0.15) is 57.3 Å². The van der Waals surface area contributed by atoms with Gasteiger partial charge in [0.25, 0.3) is 5.91 Å². The van der Waals surface area contributed by atoms with Crippen molar-refractivity contribution < 1.29 is 19.2 Å². The third-order valence-corrected chi connectivity index (χ3v) is 6.98. The van der Waals surface area contributed by atoms with Gasteiger partial charge in [-0.25, -0.2) is 0 Å². The quantitative estimate of drug-likeness (QED) is 0.630. The number of nitrogens with zero attached hydrogens (tertiary/aromatic N) is 3. The second-order valence-electron chi connectivity index (χ2n) is 10.2. The summed E-state index contributed by atoms with van der Waals surface area (Å²) >= 11 is 0. The highest BCUT2D eigenvalue weighted by atomic mass is 16.2. The average Bonchev–Trinajstić information content (AvgIpc) is 3.38. The summed E-state index contributed by atoms with van der Waals surface area (Å²) in [5, 5.41) is 2.91. The lowest BCUT2D eigenvalue weighted by Crippen LogP contribution is -2.53. The number of fused-ring (bicyclic) bond motifs is 1. The molecule has 2 aliphatic heterocycles. The molecule has 2 fully saturated rings. The minimum atomic E-state index is -0.730. The van der Waals surface area contributed by atoms with Gasteiger partial charge >= 0.3 is 0 Å². The van der Waals surface area contributed by atoms with Gasteiger partial charge < -0.3 is 20.0 Å². The lowest BCUT2D eigenvalue weighted by molar-refractivity contribution is -0.138. The maximum absolute atomic E-state index is 13.6. The van der Waals surface area contributed by atoms with Crippen molar-refractivity contribution >= 4 is 29.2 Å². The number of likely N-dealkylation sites (tertiary alicyclic amines) is 2. The molecule has 0 spiro atoms. The van der Waals surface area contributed by atoms with Crippen LogP contribution in [-0.4, -0.2) is 78.6 Å². The normalized spacial score (nSPS) is 21.4. The fourth-order valence-corrected chi connectivity index (χ4v) is 4.86. The minimum Gasteiger partial charge on any atom is -0.378 e.